The Bertz CT molecular complexity index is 1200. The molecule has 0 radical (unpaired) electrons. The second-order valence-corrected chi connectivity index (χ2v) is 8.19. The van der Waals surface area contributed by atoms with Crippen LogP contribution in [0.3, 0.4) is 0 Å². The Morgan fingerprint density at radius 2 is 1.91 bits per heavy atom. The molecule has 1 N–H and O–H groups in total. The van der Waals surface area contributed by atoms with Crippen LogP contribution in [-0.2, 0) is 18.4 Å². The van der Waals surface area contributed by atoms with E-state index in [2.05, 4.69) is 10.3 Å². The molecule has 174 valence electrons. The average Bonchev–Trinajstić information content (AvgIpc) is 2.85. The quantitative estimate of drug-likeness (QED) is 0.596. The highest BCUT2D eigenvalue weighted by Gasteiger charge is 2.27. The predicted molar refractivity (Wildman–Crippen MR) is 128 cm³/mol. The van der Waals surface area contributed by atoms with Gasteiger partial charge in [-0.25, -0.2) is 4.98 Å². The van der Waals surface area contributed by atoms with Gasteiger partial charge in [0.2, 0.25) is 5.91 Å². The van der Waals surface area contributed by atoms with Crippen molar-refractivity contribution in [3.8, 4) is 11.5 Å². The first-order valence-electron chi connectivity index (χ1n) is 11.3. The lowest BCUT2D eigenvalue weighted by Crippen LogP contribution is -2.43. The third kappa shape index (κ3) is 4.79. The molecule has 0 spiro atoms. The first-order valence-corrected chi connectivity index (χ1v) is 11.3. The summed E-state index contributed by atoms with van der Waals surface area (Å²) in [5.41, 5.74) is 2.45. The van der Waals surface area contributed by atoms with Crippen LogP contribution in [0.25, 0.3) is 11.0 Å². The monoisotopic (exact) mass is 450 g/mol. The average molecular weight is 451 g/mol. The summed E-state index contributed by atoms with van der Waals surface area (Å²) in [6.07, 6.45) is 1.35. The predicted octanol–water partition coefficient (Wildman–Crippen LogP) is 2.87. The Labute approximate surface area is 193 Å². The van der Waals surface area contributed by atoms with Crippen LogP contribution in [0.15, 0.2) is 47.3 Å². The van der Waals surface area contributed by atoms with E-state index >= 15 is 0 Å². The van der Waals surface area contributed by atoms with E-state index in [1.165, 1.54) is 0 Å². The number of benzene rings is 2. The number of piperidine rings is 1. The van der Waals surface area contributed by atoms with Gasteiger partial charge in [-0.05, 0) is 49.6 Å². The number of anilines is 1. The fourth-order valence-electron chi connectivity index (χ4n) is 4.26. The van der Waals surface area contributed by atoms with Gasteiger partial charge in [-0.2, -0.15) is 0 Å². The molecule has 4 rings (SSSR count). The molecule has 8 heteroatoms. The van der Waals surface area contributed by atoms with Gasteiger partial charge in [0.15, 0.2) is 17.3 Å². The highest BCUT2D eigenvalue weighted by Crippen LogP contribution is 2.28. The first kappa shape index (κ1) is 22.6. The minimum absolute atomic E-state index is 0.0304. The number of hydrogen-bond donors (Lipinski definition) is 1. The number of ether oxygens (including phenoxy) is 2. The molecule has 2 aromatic carbocycles. The number of aromatic nitrogens is 2. The highest BCUT2D eigenvalue weighted by atomic mass is 16.5. The van der Waals surface area contributed by atoms with Gasteiger partial charge in [-0.3, -0.25) is 9.59 Å². The van der Waals surface area contributed by atoms with Crippen molar-refractivity contribution < 1.29 is 14.3 Å². The van der Waals surface area contributed by atoms with E-state index in [1.807, 2.05) is 54.3 Å². The van der Waals surface area contributed by atoms with Crippen molar-refractivity contribution in [2.75, 3.05) is 31.7 Å². The van der Waals surface area contributed by atoms with Gasteiger partial charge in [0, 0.05) is 32.6 Å². The van der Waals surface area contributed by atoms with Crippen molar-refractivity contribution in [3.05, 3.63) is 58.4 Å². The van der Waals surface area contributed by atoms with E-state index < -0.39 is 0 Å². The highest BCUT2D eigenvalue weighted by molar-refractivity contribution is 5.79. The van der Waals surface area contributed by atoms with Crippen LogP contribution >= 0.6 is 0 Å². The lowest BCUT2D eigenvalue weighted by atomic mass is 9.96. The second kappa shape index (κ2) is 9.94. The van der Waals surface area contributed by atoms with Gasteiger partial charge in [0.1, 0.15) is 0 Å². The lowest BCUT2D eigenvalue weighted by Gasteiger charge is -2.32. The maximum Gasteiger partial charge on any atom is 0.293 e. The zero-order valence-electron chi connectivity index (χ0n) is 19.3. The molecule has 1 aromatic heterocycles. The number of amides is 1. The van der Waals surface area contributed by atoms with Crippen molar-refractivity contribution in [2.45, 2.75) is 26.3 Å². The molecule has 0 bridgehead atoms. The fourth-order valence-corrected chi connectivity index (χ4v) is 4.26. The molecule has 1 aliphatic rings. The van der Waals surface area contributed by atoms with Crippen molar-refractivity contribution >= 4 is 22.8 Å². The molecule has 1 aliphatic heterocycles. The van der Waals surface area contributed by atoms with E-state index in [1.54, 1.807) is 18.7 Å². The van der Waals surface area contributed by atoms with Crippen molar-refractivity contribution in [2.24, 2.45) is 13.0 Å². The minimum atomic E-state index is -0.110. The van der Waals surface area contributed by atoms with Gasteiger partial charge in [-0.15, -0.1) is 0 Å². The molecular weight excluding hydrogens is 420 g/mol. The number of para-hydroxylation sites is 2. The summed E-state index contributed by atoms with van der Waals surface area (Å²) in [5, 5.41) is 3.04. The van der Waals surface area contributed by atoms with E-state index in [0.29, 0.717) is 56.4 Å². The topological polar surface area (TPSA) is 85.7 Å². The van der Waals surface area contributed by atoms with Gasteiger partial charge >= 0.3 is 0 Å². The van der Waals surface area contributed by atoms with Crippen molar-refractivity contribution in [1.82, 2.24) is 14.9 Å². The normalized spacial score (nSPS) is 14.3. The number of methoxy groups -OCH3 is 1. The number of carbonyl (C=O) groups is 1. The van der Waals surface area contributed by atoms with Gasteiger partial charge in [0.05, 0.1) is 24.8 Å². The van der Waals surface area contributed by atoms with Crippen molar-refractivity contribution in [3.63, 3.8) is 0 Å². The summed E-state index contributed by atoms with van der Waals surface area (Å²) in [6, 6.07) is 13.3. The van der Waals surface area contributed by atoms with Gasteiger partial charge in [-0.1, -0.05) is 18.2 Å². The molecule has 0 aliphatic carbocycles. The van der Waals surface area contributed by atoms with Crippen LogP contribution in [0.1, 0.15) is 25.3 Å². The summed E-state index contributed by atoms with van der Waals surface area (Å²) in [6.45, 7) is 4.13. The Morgan fingerprint density at radius 1 is 1.15 bits per heavy atom. The largest absolute Gasteiger partial charge is 0.493 e. The molecule has 33 heavy (non-hydrogen) atoms. The molecular formula is C25H30N4O4. The fraction of sp³-hybridized carbons (Fsp3) is 0.400. The van der Waals surface area contributed by atoms with Crippen LogP contribution in [0.4, 0.5) is 5.82 Å². The third-order valence-electron chi connectivity index (χ3n) is 6.13. The maximum absolute atomic E-state index is 12.8. The molecule has 3 aromatic rings. The zero-order valence-corrected chi connectivity index (χ0v) is 19.3. The number of aryl methyl sites for hydroxylation is 1. The summed E-state index contributed by atoms with van der Waals surface area (Å²) in [7, 11) is 3.38. The Hall–Kier alpha value is -3.55. The van der Waals surface area contributed by atoms with E-state index in [0.717, 1.165) is 16.6 Å². The van der Waals surface area contributed by atoms with Gasteiger partial charge in [0.25, 0.3) is 5.56 Å². The number of nitrogens with one attached hydrogen (secondary N) is 1. The molecule has 0 atom stereocenters. The molecule has 1 amide bonds. The lowest BCUT2D eigenvalue weighted by molar-refractivity contribution is -0.125. The Balaban J connectivity index is 1.37. The van der Waals surface area contributed by atoms with Crippen LogP contribution in [-0.4, -0.2) is 42.3 Å². The summed E-state index contributed by atoms with van der Waals surface area (Å²) in [4.78, 5) is 32.2. The number of hydrogen-bond acceptors (Lipinski definition) is 6. The van der Waals surface area contributed by atoms with Crippen molar-refractivity contribution in [1.29, 1.82) is 0 Å². The van der Waals surface area contributed by atoms with Crippen LogP contribution < -0.4 is 25.2 Å². The standard InChI is InChI=1S/C25H30N4O4/c1-4-33-22-15-17(9-10-21(22)32-3)16-26-24(30)18-11-13-29(14-12-18)23-25(31)28(2)20-8-6-5-7-19(20)27-23/h5-10,15,18H,4,11-14,16H2,1-3H3,(H,26,30). The molecule has 1 fully saturated rings. The molecule has 0 saturated carbocycles. The van der Waals surface area contributed by atoms with E-state index in [-0.39, 0.29) is 17.4 Å². The molecule has 0 unspecified atom stereocenters. The Morgan fingerprint density at radius 3 is 2.64 bits per heavy atom. The van der Waals surface area contributed by atoms with Crippen LogP contribution in [0, 0.1) is 5.92 Å². The molecule has 1 saturated heterocycles. The minimum Gasteiger partial charge on any atom is -0.493 e. The Kier molecular flexibility index (Phi) is 6.82. The van der Waals surface area contributed by atoms with E-state index in [4.69, 9.17) is 9.47 Å². The number of carbonyl (C=O) groups excluding carboxylic acids is 1. The van der Waals surface area contributed by atoms with E-state index in [9.17, 15) is 9.59 Å². The second-order valence-electron chi connectivity index (χ2n) is 8.19. The number of fused-ring (bicyclic) bond motifs is 1. The first-order chi connectivity index (χ1) is 16.0. The maximum atomic E-state index is 12.8. The summed E-state index contributed by atoms with van der Waals surface area (Å²) >= 11 is 0. The van der Waals surface area contributed by atoms with Crippen LogP contribution in [0.5, 0.6) is 11.5 Å². The SMILES string of the molecule is CCOc1cc(CNC(=O)C2CCN(c3nc4ccccc4n(C)c3=O)CC2)ccc1OC. The smallest absolute Gasteiger partial charge is 0.293 e. The van der Waals surface area contributed by atoms with Crippen LogP contribution in [0.2, 0.25) is 0 Å². The van der Waals surface area contributed by atoms with Gasteiger partial charge < -0.3 is 24.3 Å². The molecule has 2 heterocycles. The summed E-state index contributed by atoms with van der Waals surface area (Å²) in [5.74, 6) is 1.74. The summed E-state index contributed by atoms with van der Waals surface area (Å²) < 4.78 is 12.6. The molecule has 8 nitrogen and oxygen atoms in total. The number of rotatable bonds is 7. The third-order valence-corrected chi connectivity index (χ3v) is 6.13. The number of nitrogens with zero attached hydrogens (tertiary/aromatic N) is 3. The zero-order chi connectivity index (χ0) is 23.4.